The van der Waals surface area contributed by atoms with Crippen LogP contribution in [-0.4, -0.2) is 23.0 Å². The first-order chi connectivity index (χ1) is 13.4. The molecule has 0 aliphatic heterocycles. The zero-order valence-electron chi connectivity index (χ0n) is 14.6. The number of amides is 1. The SMILES string of the molecule is COc1ccc(Cc2nc(C(=O)Nc3ccc(F)c(F)c3F)cc(=O)[nH]2)cc1. The Labute approximate surface area is 157 Å². The first-order valence-corrected chi connectivity index (χ1v) is 8.05. The van der Waals surface area contributed by atoms with Gasteiger partial charge in [-0.3, -0.25) is 9.59 Å². The Morgan fingerprint density at radius 2 is 1.82 bits per heavy atom. The first-order valence-electron chi connectivity index (χ1n) is 8.05. The number of rotatable bonds is 5. The van der Waals surface area contributed by atoms with E-state index in [2.05, 4.69) is 15.3 Å². The summed E-state index contributed by atoms with van der Waals surface area (Å²) in [5.74, 6) is -4.72. The van der Waals surface area contributed by atoms with E-state index in [1.54, 1.807) is 24.3 Å². The van der Waals surface area contributed by atoms with Crippen LogP contribution in [-0.2, 0) is 6.42 Å². The molecule has 144 valence electrons. The summed E-state index contributed by atoms with van der Waals surface area (Å²) in [5, 5.41) is 2.08. The molecule has 6 nitrogen and oxygen atoms in total. The molecule has 2 aromatic carbocycles. The molecule has 0 spiro atoms. The molecule has 0 saturated carbocycles. The van der Waals surface area contributed by atoms with Crippen molar-refractivity contribution in [3.05, 3.63) is 87.4 Å². The van der Waals surface area contributed by atoms with E-state index in [0.29, 0.717) is 11.8 Å². The van der Waals surface area contributed by atoms with Crippen LogP contribution in [0.1, 0.15) is 21.9 Å². The van der Waals surface area contributed by atoms with Gasteiger partial charge in [-0.1, -0.05) is 12.1 Å². The molecule has 28 heavy (non-hydrogen) atoms. The van der Waals surface area contributed by atoms with Gasteiger partial charge < -0.3 is 15.0 Å². The minimum Gasteiger partial charge on any atom is -0.497 e. The fourth-order valence-corrected chi connectivity index (χ4v) is 2.45. The van der Waals surface area contributed by atoms with Gasteiger partial charge in [0.15, 0.2) is 17.5 Å². The number of aromatic nitrogens is 2. The number of H-pyrrole nitrogens is 1. The molecule has 0 bridgehead atoms. The van der Waals surface area contributed by atoms with Crippen molar-refractivity contribution in [2.24, 2.45) is 0 Å². The molecule has 0 aliphatic carbocycles. The van der Waals surface area contributed by atoms with Crippen LogP contribution in [0, 0.1) is 17.5 Å². The average Bonchev–Trinajstić information content (AvgIpc) is 2.68. The second-order valence-electron chi connectivity index (χ2n) is 5.78. The van der Waals surface area contributed by atoms with Crippen molar-refractivity contribution in [3.63, 3.8) is 0 Å². The fourth-order valence-electron chi connectivity index (χ4n) is 2.45. The predicted octanol–water partition coefficient (Wildman–Crippen LogP) is 3.04. The minimum atomic E-state index is -1.71. The number of carbonyl (C=O) groups is 1. The highest BCUT2D eigenvalue weighted by Crippen LogP contribution is 2.20. The van der Waals surface area contributed by atoms with Crippen molar-refractivity contribution in [1.29, 1.82) is 0 Å². The van der Waals surface area contributed by atoms with Gasteiger partial charge in [-0.2, -0.15) is 0 Å². The Morgan fingerprint density at radius 1 is 1.11 bits per heavy atom. The molecular formula is C19H14F3N3O3. The lowest BCUT2D eigenvalue weighted by Crippen LogP contribution is -2.21. The molecule has 0 radical (unpaired) electrons. The van der Waals surface area contributed by atoms with E-state index in [1.807, 2.05) is 0 Å². The zero-order valence-corrected chi connectivity index (χ0v) is 14.6. The fraction of sp³-hybridized carbons (Fsp3) is 0.105. The van der Waals surface area contributed by atoms with Crippen LogP contribution in [0.3, 0.4) is 0 Å². The third-order valence-electron chi connectivity index (χ3n) is 3.84. The summed E-state index contributed by atoms with van der Waals surface area (Å²) in [6.45, 7) is 0. The number of nitrogens with one attached hydrogen (secondary N) is 2. The Balaban J connectivity index is 1.83. The third-order valence-corrected chi connectivity index (χ3v) is 3.84. The van der Waals surface area contributed by atoms with Crippen molar-refractivity contribution in [2.45, 2.75) is 6.42 Å². The quantitative estimate of drug-likeness (QED) is 0.657. The summed E-state index contributed by atoms with van der Waals surface area (Å²) >= 11 is 0. The van der Waals surface area contributed by atoms with Gasteiger partial charge in [0.25, 0.3) is 11.5 Å². The lowest BCUT2D eigenvalue weighted by molar-refractivity contribution is 0.102. The van der Waals surface area contributed by atoms with Gasteiger partial charge in [0.1, 0.15) is 17.3 Å². The first kappa shape index (κ1) is 19.2. The number of hydrogen-bond donors (Lipinski definition) is 2. The summed E-state index contributed by atoms with van der Waals surface area (Å²) in [7, 11) is 1.53. The Hall–Kier alpha value is -3.62. The highest BCUT2D eigenvalue weighted by Gasteiger charge is 2.17. The Morgan fingerprint density at radius 3 is 2.50 bits per heavy atom. The van der Waals surface area contributed by atoms with Crippen molar-refractivity contribution < 1.29 is 22.7 Å². The molecule has 9 heteroatoms. The zero-order chi connectivity index (χ0) is 20.3. The molecule has 2 N–H and O–H groups in total. The van der Waals surface area contributed by atoms with Crippen LogP contribution in [0.5, 0.6) is 5.75 Å². The van der Waals surface area contributed by atoms with E-state index in [4.69, 9.17) is 4.74 Å². The summed E-state index contributed by atoms with van der Waals surface area (Å²) in [4.78, 5) is 30.7. The summed E-state index contributed by atoms with van der Waals surface area (Å²) in [6, 6.07) is 9.46. The van der Waals surface area contributed by atoms with Crippen LogP contribution < -0.4 is 15.6 Å². The van der Waals surface area contributed by atoms with Gasteiger partial charge >= 0.3 is 0 Å². The lowest BCUT2D eigenvalue weighted by Gasteiger charge is -2.08. The van der Waals surface area contributed by atoms with E-state index in [9.17, 15) is 22.8 Å². The number of anilines is 1. The van der Waals surface area contributed by atoms with E-state index in [-0.39, 0.29) is 17.9 Å². The molecule has 1 amide bonds. The maximum Gasteiger partial charge on any atom is 0.274 e. The predicted molar refractivity (Wildman–Crippen MR) is 94.9 cm³/mol. The van der Waals surface area contributed by atoms with Crippen LogP contribution in [0.25, 0.3) is 0 Å². The molecule has 0 atom stereocenters. The highest BCUT2D eigenvalue weighted by atomic mass is 19.2. The number of carbonyl (C=O) groups excluding carboxylic acids is 1. The molecule has 1 heterocycles. The van der Waals surface area contributed by atoms with E-state index in [0.717, 1.165) is 17.7 Å². The summed E-state index contributed by atoms with van der Waals surface area (Å²) in [5.41, 5.74) is -0.651. The average molecular weight is 389 g/mol. The normalized spacial score (nSPS) is 10.6. The van der Waals surface area contributed by atoms with Crippen molar-refractivity contribution in [3.8, 4) is 5.75 Å². The van der Waals surface area contributed by atoms with Crippen molar-refractivity contribution in [2.75, 3.05) is 12.4 Å². The number of nitrogens with zero attached hydrogens (tertiary/aromatic N) is 1. The van der Waals surface area contributed by atoms with Gasteiger partial charge in [-0.05, 0) is 29.8 Å². The maximum absolute atomic E-state index is 13.7. The van der Waals surface area contributed by atoms with Crippen molar-refractivity contribution >= 4 is 11.6 Å². The summed E-state index contributed by atoms with van der Waals surface area (Å²) < 4.78 is 45.1. The maximum atomic E-state index is 13.7. The molecule has 0 unspecified atom stereocenters. The monoisotopic (exact) mass is 389 g/mol. The number of hydrogen-bond acceptors (Lipinski definition) is 4. The number of halogens is 3. The van der Waals surface area contributed by atoms with Crippen LogP contribution in [0.15, 0.2) is 47.3 Å². The van der Waals surface area contributed by atoms with E-state index in [1.165, 1.54) is 7.11 Å². The number of ether oxygens (including phenoxy) is 1. The second-order valence-corrected chi connectivity index (χ2v) is 5.78. The van der Waals surface area contributed by atoms with E-state index < -0.39 is 34.6 Å². The topological polar surface area (TPSA) is 84.1 Å². The van der Waals surface area contributed by atoms with Crippen LogP contribution in [0.2, 0.25) is 0 Å². The number of aromatic amines is 1. The Bertz CT molecular complexity index is 1080. The van der Waals surface area contributed by atoms with Gasteiger partial charge in [0.2, 0.25) is 0 Å². The van der Waals surface area contributed by atoms with Crippen molar-refractivity contribution in [1.82, 2.24) is 9.97 Å². The van der Waals surface area contributed by atoms with Crippen LogP contribution in [0.4, 0.5) is 18.9 Å². The third kappa shape index (κ3) is 4.20. The minimum absolute atomic E-state index is 0.202. The van der Waals surface area contributed by atoms with Crippen LogP contribution >= 0.6 is 0 Å². The summed E-state index contributed by atoms with van der Waals surface area (Å²) in [6.07, 6.45) is 0.222. The lowest BCUT2D eigenvalue weighted by atomic mass is 10.1. The molecule has 0 fully saturated rings. The standard InChI is InChI=1S/C19H14F3N3O3/c1-28-11-4-2-10(3-5-11)8-15-23-14(9-16(26)25-15)19(27)24-13-7-6-12(20)17(21)18(13)22/h2-7,9H,8H2,1H3,(H,24,27)(H,23,25,26). The molecule has 1 aromatic heterocycles. The van der Waals surface area contributed by atoms with E-state index >= 15 is 0 Å². The van der Waals surface area contributed by atoms with Gasteiger partial charge in [0, 0.05) is 12.5 Å². The van der Waals surface area contributed by atoms with Gasteiger partial charge in [-0.25, -0.2) is 18.2 Å². The molecular weight excluding hydrogens is 375 g/mol. The molecule has 0 aliphatic rings. The Kier molecular flexibility index (Phi) is 5.44. The number of benzene rings is 2. The number of methoxy groups -OCH3 is 1. The smallest absolute Gasteiger partial charge is 0.274 e. The molecule has 3 rings (SSSR count). The highest BCUT2D eigenvalue weighted by molar-refractivity contribution is 6.02. The largest absolute Gasteiger partial charge is 0.497 e. The molecule has 3 aromatic rings. The van der Waals surface area contributed by atoms with Gasteiger partial charge in [0.05, 0.1) is 12.8 Å². The van der Waals surface area contributed by atoms with Gasteiger partial charge in [-0.15, -0.1) is 0 Å². The molecule has 0 saturated heterocycles. The second kappa shape index (κ2) is 7.95.